The molecule has 0 bridgehead atoms. The normalized spacial score (nSPS) is 11.6. The van der Waals surface area contributed by atoms with E-state index in [1.165, 1.54) is 76.6 Å². The minimum absolute atomic E-state index is 1.15. The molecule has 0 saturated carbocycles. The average Bonchev–Trinajstić information content (AvgIpc) is 3.50. The second kappa shape index (κ2) is 10.4. The molecule has 0 spiro atoms. The number of para-hydroxylation sites is 1. The number of fused-ring (bicyclic) bond motifs is 4. The highest BCUT2D eigenvalue weighted by atomic mass is 14.7. The van der Waals surface area contributed by atoms with E-state index in [9.17, 15) is 0 Å². The summed E-state index contributed by atoms with van der Waals surface area (Å²) in [7, 11) is 0. The van der Waals surface area contributed by atoms with Crippen molar-refractivity contribution >= 4 is 43.2 Å². The quantitative estimate of drug-likeness (QED) is 0.202. The van der Waals surface area contributed by atoms with Gasteiger partial charge in [0.15, 0.2) is 0 Å². The topological polar surface area (TPSA) is 15.8 Å². The molecule has 9 aromatic rings. The Morgan fingerprint density at radius 1 is 0.289 bits per heavy atom. The first-order valence-corrected chi connectivity index (χ1v) is 15.5. The Morgan fingerprint density at radius 3 is 1.42 bits per heavy atom. The van der Waals surface area contributed by atoms with Crippen LogP contribution in [0.3, 0.4) is 0 Å². The first-order valence-electron chi connectivity index (χ1n) is 15.5. The van der Waals surface area contributed by atoms with Crippen LogP contribution in [0.15, 0.2) is 170 Å². The molecule has 0 atom stereocenters. The van der Waals surface area contributed by atoms with Gasteiger partial charge in [-0.3, -0.25) is 0 Å². The van der Waals surface area contributed by atoms with Crippen LogP contribution >= 0.6 is 0 Å². The second-order valence-corrected chi connectivity index (χ2v) is 11.8. The van der Waals surface area contributed by atoms with Crippen molar-refractivity contribution in [2.75, 3.05) is 0 Å². The van der Waals surface area contributed by atoms with Crippen LogP contribution in [0.4, 0.5) is 0 Å². The summed E-state index contributed by atoms with van der Waals surface area (Å²) >= 11 is 0. The van der Waals surface area contributed by atoms with Crippen molar-refractivity contribution in [1.29, 1.82) is 0 Å². The minimum Gasteiger partial charge on any atom is -0.354 e. The Labute approximate surface area is 262 Å². The van der Waals surface area contributed by atoms with E-state index >= 15 is 0 Å². The number of benzene rings is 8. The SMILES string of the molecule is c1ccc(-c2c(-c3ccc(-c4c5ccccc5c(-c5ccc6ccccc6c5)c5ccccc45)cc3)[nH]c3ccccc23)cc1. The summed E-state index contributed by atoms with van der Waals surface area (Å²) < 4.78 is 0. The zero-order valence-electron chi connectivity index (χ0n) is 24.7. The Bertz CT molecular complexity index is 2460. The lowest BCUT2D eigenvalue weighted by Gasteiger charge is -2.18. The third-order valence-electron chi connectivity index (χ3n) is 9.20. The van der Waals surface area contributed by atoms with Crippen molar-refractivity contribution in [2.24, 2.45) is 0 Å². The maximum Gasteiger partial charge on any atom is 0.0544 e. The molecule has 8 aromatic carbocycles. The molecule has 0 radical (unpaired) electrons. The minimum atomic E-state index is 1.15. The molecule has 1 nitrogen and oxygen atoms in total. The Kier molecular flexibility index (Phi) is 5.89. The van der Waals surface area contributed by atoms with Crippen LogP contribution in [-0.2, 0) is 0 Å². The summed E-state index contributed by atoms with van der Waals surface area (Å²) in [5, 5.41) is 8.83. The molecule has 0 amide bonds. The summed E-state index contributed by atoms with van der Waals surface area (Å²) in [6, 6.07) is 61.6. The standard InChI is InChI=1S/C44H29N/c1-2-13-30(14-3-1)43-39-20-10-11-21-40(39)45-44(43)32-25-23-31(24-26-32)41-35-16-6-8-18-37(35)42(38-19-9-7-17-36(38)41)34-27-22-29-12-4-5-15-33(29)28-34/h1-28,45H. The molecule has 0 aliphatic rings. The number of aromatic nitrogens is 1. The molecular formula is C44H29N. The van der Waals surface area contributed by atoms with Gasteiger partial charge in [-0.05, 0) is 77.8 Å². The zero-order valence-corrected chi connectivity index (χ0v) is 24.7. The molecule has 9 rings (SSSR count). The fourth-order valence-corrected chi connectivity index (χ4v) is 7.16. The number of H-pyrrole nitrogens is 1. The van der Waals surface area contributed by atoms with Gasteiger partial charge in [-0.25, -0.2) is 0 Å². The van der Waals surface area contributed by atoms with Gasteiger partial charge in [0.2, 0.25) is 0 Å². The van der Waals surface area contributed by atoms with Crippen LogP contribution in [0, 0.1) is 0 Å². The molecule has 1 heterocycles. The van der Waals surface area contributed by atoms with E-state index in [1.54, 1.807) is 0 Å². The van der Waals surface area contributed by atoms with E-state index in [0.29, 0.717) is 0 Å². The van der Waals surface area contributed by atoms with E-state index in [-0.39, 0.29) is 0 Å². The van der Waals surface area contributed by atoms with Crippen molar-refractivity contribution in [3.05, 3.63) is 170 Å². The smallest absolute Gasteiger partial charge is 0.0544 e. The van der Waals surface area contributed by atoms with Crippen LogP contribution in [0.25, 0.3) is 87.9 Å². The number of aromatic amines is 1. The van der Waals surface area contributed by atoms with Crippen LogP contribution < -0.4 is 0 Å². The molecule has 1 heteroatoms. The van der Waals surface area contributed by atoms with Gasteiger partial charge in [0, 0.05) is 16.5 Å². The molecule has 1 N–H and O–H groups in total. The van der Waals surface area contributed by atoms with Gasteiger partial charge < -0.3 is 4.98 Å². The molecule has 210 valence electrons. The fraction of sp³-hybridized carbons (Fsp3) is 0. The Hall–Kier alpha value is -5.92. The van der Waals surface area contributed by atoms with E-state index in [1.807, 2.05) is 0 Å². The highest BCUT2D eigenvalue weighted by Crippen LogP contribution is 2.45. The summed E-state index contributed by atoms with van der Waals surface area (Å²) in [6.07, 6.45) is 0. The lowest BCUT2D eigenvalue weighted by molar-refractivity contribution is 1.45. The third kappa shape index (κ3) is 4.17. The molecule has 45 heavy (non-hydrogen) atoms. The monoisotopic (exact) mass is 571 g/mol. The van der Waals surface area contributed by atoms with Gasteiger partial charge >= 0.3 is 0 Å². The fourth-order valence-electron chi connectivity index (χ4n) is 7.16. The van der Waals surface area contributed by atoms with Crippen LogP contribution in [0.2, 0.25) is 0 Å². The van der Waals surface area contributed by atoms with Crippen molar-refractivity contribution in [3.8, 4) is 44.6 Å². The molecule has 0 fully saturated rings. The van der Waals surface area contributed by atoms with E-state index in [2.05, 4.69) is 175 Å². The molecule has 0 saturated heterocycles. The Balaban J connectivity index is 1.25. The van der Waals surface area contributed by atoms with E-state index < -0.39 is 0 Å². The van der Waals surface area contributed by atoms with Gasteiger partial charge in [-0.1, -0.05) is 158 Å². The summed E-state index contributed by atoms with van der Waals surface area (Å²) in [5.41, 5.74) is 11.0. The molecule has 1 aromatic heterocycles. The number of hydrogen-bond acceptors (Lipinski definition) is 0. The van der Waals surface area contributed by atoms with Crippen LogP contribution in [-0.4, -0.2) is 4.98 Å². The van der Waals surface area contributed by atoms with Crippen molar-refractivity contribution < 1.29 is 0 Å². The number of rotatable bonds is 4. The van der Waals surface area contributed by atoms with Gasteiger partial charge in [-0.2, -0.15) is 0 Å². The Morgan fingerprint density at radius 2 is 0.756 bits per heavy atom. The maximum atomic E-state index is 3.74. The lowest BCUT2D eigenvalue weighted by atomic mass is 9.85. The molecule has 0 aliphatic heterocycles. The first kappa shape index (κ1) is 25.6. The third-order valence-corrected chi connectivity index (χ3v) is 9.20. The average molecular weight is 572 g/mol. The van der Waals surface area contributed by atoms with E-state index in [4.69, 9.17) is 0 Å². The highest BCUT2D eigenvalue weighted by molar-refractivity contribution is 6.21. The van der Waals surface area contributed by atoms with Crippen molar-refractivity contribution in [1.82, 2.24) is 4.98 Å². The lowest BCUT2D eigenvalue weighted by Crippen LogP contribution is -1.91. The summed E-state index contributed by atoms with van der Waals surface area (Å²) in [4.78, 5) is 3.74. The number of nitrogens with one attached hydrogen (secondary N) is 1. The molecule has 0 aliphatic carbocycles. The second-order valence-electron chi connectivity index (χ2n) is 11.8. The molecular weight excluding hydrogens is 542 g/mol. The summed E-state index contributed by atoms with van der Waals surface area (Å²) in [6.45, 7) is 0. The predicted octanol–water partition coefficient (Wildman–Crippen LogP) is 12.3. The first-order chi connectivity index (χ1) is 22.3. The van der Waals surface area contributed by atoms with Crippen LogP contribution in [0.5, 0.6) is 0 Å². The van der Waals surface area contributed by atoms with Crippen LogP contribution in [0.1, 0.15) is 0 Å². The van der Waals surface area contributed by atoms with Gasteiger partial charge in [0.25, 0.3) is 0 Å². The maximum absolute atomic E-state index is 3.74. The largest absolute Gasteiger partial charge is 0.354 e. The molecule has 0 unspecified atom stereocenters. The number of hydrogen-bond donors (Lipinski definition) is 1. The highest BCUT2D eigenvalue weighted by Gasteiger charge is 2.18. The van der Waals surface area contributed by atoms with Crippen molar-refractivity contribution in [2.45, 2.75) is 0 Å². The summed E-state index contributed by atoms with van der Waals surface area (Å²) in [5.74, 6) is 0. The van der Waals surface area contributed by atoms with Crippen molar-refractivity contribution in [3.63, 3.8) is 0 Å². The van der Waals surface area contributed by atoms with E-state index in [0.717, 1.165) is 11.2 Å². The van der Waals surface area contributed by atoms with Gasteiger partial charge in [0.1, 0.15) is 0 Å². The van der Waals surface area contributed by atoms with Gasteiger partial charge in [0.05, 0.1) is 5.69 Å². The van der Waals surface area contributed by atoms with Gasteiger partial charge in [-0.15, -0.1) is 0 Å². The predicted molar refractivity (Wildman–Crippen MR) is 193 cm³/mol. The zero-order chi connectivity index (χ0) is 29.7.